The van der Waals surface area contributed by atoms with Crippen LogP contribution in [0.4, 0.5) is 0 Å². The molecule has 1 atom stereocenters. The summed E-state index contributed by atoms with van der Waals surface area (Å²) in [6.07, 6.45) is 2.31. The molecule has 0 radical (unpaired) electrons. The molecule has 0 aliphatic heterocycles. The van der Waals surface area contributed by atoms with Gasteiger partial charge in [-0.05, 0) is 25.8 Å². The molecule has 0 fully saturated rings. The second kappa shape index (κ2) is 5.63. The fourth-order valence-electron chi connectivity index (χ4n) is 1.41. The zero-order valence-corrected chi connectivity index (χ0v) is 10.0. The van der Waals surface area contributed by atoms with Crippen molar-refractivity contribution in [3.63, 3.8) is 0 Å². The molecule has 1 heterocycles. The summed E-state index contributed by atoms with van der Waals surface area (Å²) in [6.45, 7) is 3.80. The van der Waals surface area contributed by atoms with E-state index in [1.807, 2.05) is 13.8 Å². The molecular weight excluding hydrogens is 222 g/mol. The highest BCUT2D eigenvalue weighted by molar-refractivity contribution is 5.94. The molecule has 0 aromatic carbocycles. The van der Waals surface area contributed by atoms with Crippen LogP contribution in [0.1, 0.15) is 37.0 Å². The average Bonchev–Trinajstić information content (AvgIpc) is 2.30. The number of carbonyl (C=O) groups excluding carboxylic acids is 1. The standard InChI is InChI=1S/C12H17NO4/c1-3-12(2,6-7-14)13-11(16)9-4-5-10(15)17-8-9/h4-5,8,14H,3,6-7H2,1-2H3,(H,13,16). The Kier molecular flexibility index (Phi) is 4.45. The van der Waals surface area contributed by atoms with Gasteiger partial charge in [-0.1, -0.05) is 6.92 Å². The van der Waals surface area contributed by atoms with E-state index in [0.29, 0.717) is 18.4 Å². The van der Waals surface area contributed by atoms with Crippen molar-refractivity contribution in [2.24, 2.45) is 0 Å². The molecule has 17 heavy (non-hydrogen) atoms. The minimum Gasteiger partial charge on any atom is -0.430 e. The van der Waals surface area contributed by atoms with Crippen LogP contribution in [-0.4, -0.2) is 23.2 Å². The zero-order chi connectivity index (χ0) is 12.9. The van der Waals surface area contributed by atoms with Crippen LogP contribution in [-0.2, 0) is 0 Å². The largest absolute Gasteiger partial charge is 0.430 e. The third kappa shape index (κ3) is 3.71. The molecule has 5 nitrogen and oxygen atoms in total. The molecule has 0 bridgehead atoms. The van der Waals surface area contributed by atoms with E-state index < -0.39 is 11.2 Å². The summed E-state index contributed by atoms with van der Waals surface area (Å²) in [4.78, 5) is 22.6. The molecule has 2 N–H and O–H groups in total. The Morgan fingerprint density at radius 1 is 1.53 bits per heavy atom. The summed E-state index contributed by atoms with van der Waals surface area (Å²) in [5, 5.41) is 11.8. The molecule has 0 aliphatic carbocycles. The van der Waals surface area contributed by atoms with Gasteiger partial charge in [-0.25, -0.2) is 4.79 Å². The van der Waals surface area contributed by atoms with Crippen molar-refractivity contribution in [1.82, 2.24) is 5.32 Å². The Balaban J connectivity index is 2.77. The van der Waals surface area contributed by atoms with Crippen LogP contribution in [0.3, 0.4) is 0 Å². The van der Waals surface area contributed by atoms with Gasteiger partial charge in [0.15, 0.2) is 0 Å². The number of amides is 1. The van der Waals surface area contributed by atoms with Crippen LogP contribution in [0.15, 0.2) is 27.6 Å². The Morgan fingerprint density at radius 3 is 2.71 bits per heavy atom. The van der Waals surface area contributed by atoms with Crippen molar-refractivity contribution in [3.05, 3.63) is 34.4 Å². The summed E-state index contributed by atoms with van der Waals surface area (Å²) in [7, 11) is 0. The van der Waals surface area contributed by atoms with E-state index in [1.54, 1.807) is 0 Å². The van der Waals surface area contributed by atoms with Crippen LogP contribution < -0.4 is 10.9 Å². The van der Waals surface area contributed by atoms with Crippen LogP contribution in [0.2, 0.25) is 0 Å². The van der Waals surface area contributed by atoms with E-state index in [9.17, 15) is 9.59 Å². The highest BCUT2D eigenvalue weighted by atomic mass is 16.4. The average molecular weight is 239 g/mol. The molecular formula is C12H17NO4. The Labute approximate surface area is 99.5 Å². The smallest absolute Gasteiger partial charge is 0.335 e. The molecule has 1 unspecified atom stereocenters. The first-order chi connectivity index (χ1) is 8.00. The van der Waals surface area contributed by atoms with Crippen LogP contribution in [0.25, 0.3) is 0 Å². The summed E-state index contributed by atoms with van der Waals surface area (Å²) < 4.78 is 4.62. The third-order valence-electron chi connectivity index (χ3n) is 2.82. The van der Waals surface area contributed by atoms with Crippen molar-refractivity contribution < 1.29 is 14.3 Å². The quantitative estimate of drug-likeness (QED) is 0.800. The van der Waals surface area contributed by atoms with Gasteiger partial charge < -0.3 is 14.8 Å². The predicted octanol–water partition coefficient (Wildman–Crippen LogP) is 0.921. The number of carbonyl (C=O) groups is 1. The summed E-state index contributed by atoms with van der Waals surface area (Å²) in [5.41, 5.74) is -0.653. The van der Waals surface area contributed by atoms with Crippen LogP contribution in [0, 0.1) is 0 Å². The number of rotatable bonds is 5. The number of nitrogens with one attached hydrogen (secondary N) is 1. The van der Waals surface area contributed by atoms with Crippen molar-refractivity contribution in [2.75, 3.05) is 6.61 Å². The van der Waals surface area contributed by atoms with Crippen molar-refractivity contribution in [3.8, 4) is 0 Å². The van der Waals surface area contributed by atoms with Gasteiger partial charge >= 0.3 is 5.63 Å². The van der Waals surface area contributed by atoms with E-state index in [0.717, 1.165) is 6.26 Å². The van der Waals surface area contributed by atoms with Crippen molar-refractivity contribution in [1.29, 1.82) is 0 Å². The Hall–Kier alpha value is -1.62. The Morgan fingerprint density at radius 2 is 2.24 bits per heavy atom. The summed E-state index contributed by atoms with van der Waals surface area (Å²) in [5.74, 6) is -0.313. The van der Waals surface area contributed by atoms with Gasteiger partial charge in [0, 0.05) is 18.2 Å². The number of hydrogen-bond donors (Lipinski definition) is 2. The first-order valence-electron chi connectivity index (χ1n) is 5.53. The van der Waals surface area contributed by atoms with E-state index in [1.165, 1.54) is 12.1 Å². The van der Waals surface area contributed by atoms with Crippen molar-refractivity contribution in [2.45, 2.75) is 32.2 Å². The topological polar surface area (TPSA) is 79.5 Å². The van der Waals surface area contributed by atoms with Gasteiger partial charge in [-0.15, -0.1) is 0 Å². The highest BCUT2D eigenvalue weighted by Crippen LogP contribution is 2.14. The number of aliphatic hydroxyl groups is 1. The van der Waals surface area contributed by atoms with Crippen LogP contribution in [0.5, 0.6) is 0 Å². The molecule has 0 spiro atoms. The fourth-order valence-corrected chi connectivity index (χ4v) is 1.41. The Bertz CT molecular complexity index is 420. The molecule has 0 saturated heterocycles. The third-order valence-corrected chi connectivity index (χ3v) is 2.82. The van der Waals surface area contributed by atoms with Gasteiger partial charge in [0.1, 0.15) is 6.26 Å². The lowest BCUT2D eigenvalue weighted by Gasteiger charge is -2.28. The van der Waals surface area contributed by atoms with Crippen molar-refractivity contribution >= 4 is 5.91 Å². The normalized spacial score (nSPS) is 14.1. The highest BCUT2D eigenvalue weighted by Gasteiger charge is 2.24. The van der Waals surface area contributed by atoms with Gasteiger partial charge in [0.2, 0.25) is 0 Å². The maximum atomic E-state index is 11.9. The molecule has 5 heteroatoms. The van der Waals surface area contributed by atoms with Gasteiger partial charge in [0.25, 0.3) is 5.91 Å². The molecule has 94 valence electrons. The van der Waals surface area contributed by atoms with Gasteiger partial charge in [0.05, 0.1) is 5.56 Å². The molecule has 1 rings (SSSR count). The summed E-state index contributed by atoms with van der Waals surface area (Å²) >= 11 is 0. The monoisotopic (exact) mass is 239 g/mol. The lowest BCUT2D eigenvalue weighted by molar-refractivity contribution is 0.0883. The first-order valence-corrected chi connectivity index (χ1v) is 5.53. The molecule has 1 aromatic heterocycles. The molecule has 1 aromatic rings. The molecule has 0 aliphatic rings. The second-order valence-corrected chi connectivity index (χ2v) is 4.19. The van der Waals surface area contributed by atoms with Gasteiger partial charge in [-0.3, -0.25) is 4.79 Å². The first kappa shape index (κ1) is 13.4. The van der Waals surface area contributed by atoms with E-state index in [-0.39, 0.29) is 12.5 Å². The van der Waals surface area contributed by atoms with E-state index >= 15 is 0 Å². The zero-order valence-electron chi connectivity index (χ0n) is 10.0. The second-order valence-electron chi connectivity index (χ2n) is 4.19. The molecule has 1 amide bonds. The van der Waals surface area contributed by atoms with E-state index in [4.69, 9.17) is 5.11 Å². The predicted molar refractivity (Wildman–Crippen MR) is 62.8 cm³/mol. The number of hydrogen-bond acceptors (Lipinski definition) is 4. The number of aliphatic hydroxyl groups excluding tert-OH is 1. The van der Waals surface area contributed by atoms with E-state index in [2.05, 4.69) is 9.73 Å². The fraction of sp³-hybridized carbons (Fsp3) is 0.500. The van der Waals surface area contributed by atoms with Gasteiger partial charge in [-0.2, -0.15) is 0 Å². The minimum atomic E-state index is -0.491. The maximum absolute atomic E-state index is 11.9. The molecule has 0 saturated carbocycles. The minimum absolute atomic E-state index is 0.00843. The lowest BCUT2D eigenvalue weighted by atomic mass is 9.94. The summed E-state index contributed by atoms with van der Waals surface area (Å²) in [6, 6.07) is 2.61. The van der Waals surface area contributed by atoms with Crippen LogP contribution >= 0.6 is 0 Å². The lowest BCUT2D eigenvalue weighted by Crippen LogP contribution is -2.46. The SMILES string of the molecule is CCC(C)(CCO)NC(=O)c1ccc(=O)oc1. The maximum Gasteiger partial charge on any atom is 0.335 e.